The Morgan fingerprint density at radius 2 is 2.33 bits per heavy atom. The molecule has 0 radical (unpaired) electrons. The molecule has 2 N–H and O–H groups in total. The van der Waals surface area contributed by atoms with Crippen molar-refractivity contribution in [3.63, 3.8) is 0 Å². The third kappa shape index (κ3) is 2.21. The van der Waals surface area contributed by atoms with E-state index in [9.17, 15) is 4.79 Å². The SMILES string of the molecule is Cc1nn(C)c(C(=O)N(C)Cc2cscn2)c1N. The number of carbonyl (C=O) groups excluding carboxylic acids is 1. The van der Waals surface area contributed by atoms with Crippen LogP contribution in [-0.2, 0) is 13.6 Å². The third-order valence-electron chi connectivity index (χ3n) is 2.70. The molecule has 0 bridgehead atoms. The molecule has 2 heterocycles. The van der Waals surface area contributed by atoms with Gasteiger partial charge in [0.2, 0.25) is 0 Å². The second kappa shape index (κ2) is 4.77. The molecule has 0 aliphatic heterocycles. The summed E-state index contributed by atoms with van der Waals surface area (Å²) < 4.78 is 1.52. The van der Waals surface area contributed by atoms with Gasteiger partial charge in [-0.05, 0) is 6.92 Å². The van der Waals surface area contributed by atoms with Gasteiger partial charge in [0.1, 0.15) is 5.69 Å². The van der Waals surface area contributed by atoms with Crippen LogP contribution in [0.25, 0.3) is 0 Å². The first-order valence-electron chi connectivity index (χ1n) is 5.42. The van der Waals surface area contributed by atoms with Crippen molar-refractivity contribution >= 4 is 22.9 Å². The van der Waals surface area contributed by atoms with Gasteiger partial charge in [-0.25, -0.2) is 4.98 Å². The van der Waals surface area contributed by atoms with E-state index in [1.54, 1.807) is 31.4 Å². The topological polar surface area (TPSA) is 77.0 Å². The second-order valence-electron chi connectivity index (χ2n) is 4.11. The van der Waals surface area contributed by atoms with Crippen LogP contribution in [0.3, 0.4) is 0 Å². The predicted octanol–water partition coefficient (Wildman–Crippen LogP) is 1.04. The van der Waals surface area contributed by atoms with Gasteiger partial charge in [0.25, 0.3) is 5.91 Å². The van der Waals surface area contributed by atoms with Crippen molar-refractivity contribution in [2.75, 3.05) is 12.8 Å². The highest BCUT2D eigenvalue weighted by Gasteiger charge is 2.21. The molecule has 0 spiro atoms. The molecule has 0 unspecified atom stereocenters. The van der Waals surface area contributed by atoms with Gasteiger partial charge in [-0.15, -0.1) is 11.3 Å². The van der Waals surface area contributed by atoms with Crippen molar-refractivity contribution in [2.45, 2.75) is 13.5 Å². The summed E-state index contributed by atoms with van der Waals surface area (Å²) in [6.45, 7) is 2.25. The van der Waals surface area contributed by atoms with E-state index >= 15 is 0 Å². The molecule has 6 nitrogen and oxygen atoms in total. The number of amides is 1. The maximum absolute atomic E-state index is 12.3. The maximum Gasteiger partial charge on any atom is 0.274 e. The van der Waals surface area contributed by atoms with Gasteiger partial charge in [0.15, 0.2) is 0 Å². The van der Waals surface area contributed by atoms with Crippen LogP contribution in [0.2, 0.25) is 0 Å². The zero-order valence-electron chi connectivity index (χ0n) is 10.5. The van der Waals surface area contributed by atoms with E-state index in [4.69, 9.17) is 5.73 Å². The van der Waals surface area contributed by atoms with Crippen LogP contribution in [0.4, 0.5) is 5.69 Å². The smallest absolute Gasteiger partial charge is 0.274 e. The molecule has 0 saturated carbocycles. The normalized spacial score (nSPS) is 10.6. The zero-order valence-corrected chi connectivity index (χ0v) is 11.4. The molecule has 0 aliphatic carbocycles. The van der Waals surface area contributed by atoms with E-state index in [-0.39, 0.29) is 5.91 Å². The van der Waals surface area contributed by atoms with Crippen molar-refractivity contribution < 1.29 is 4.79 Å². The van der Waals surface area contributed by atoms with Crippen LogP contribution in [0.1, 0.15) is 21.9 Å². The number of hydrogen-bond acceptors (Lipinski definition) is 5. The first-order chi connectivity index (χ1) is 8.50. The van der Waals surface area contributed by atoms with Crippen molar-refractivity contribution in [1.82, 2.24) is 19.7 Å². The van der Waals surface area contributed by atoms with E-state index in [0.717, 1.165) is 5.69 Å². The lowest BCUT2D eigenvalue weighted by atomic mass is 10.2. The summed E-state index contributed by atoms with van der Waals surface area (Å²) in [5.74, 6) is -0.149. The lowest BCUT2D eigenvalue weighted by molar-refractivity contribution is 0.0774. The Labute approximate surface area is 109 Å². The van der Waals surface area contributed by atoms with Crippen molar-refractivity contribution in [3.8, 4) is 0 Å². The molecule has 96 valence electrons. The van der Waals surface area contributed by atoms with E-state index in [2.05, 4.69) is 10.1 Å². The largest absolute Gasteiger partial charge is 0.395 e. The van der Waals surface area contributed by atoms with E-state index in [1.807, 2.05) is 5.38 Å². The van der Waals surface area contributed by atoms with Crippen LogP contribution in [0.15, 0.2) is 10.9 Å². The van der Waals surface area contributed by atoms with Crippen molar-refractivity contribution in [2.24, 2.45) is 7.05 Å². The average Bonchev–Trinajstić information content (AvgIpc) is 2.88. The molecule has 0 atom stereocenters. The number of anilines is 1. The summed E-state index contributed by atoms with van der Waals surface area (Å²) >= 11 is 1.51. The number of rotatable bonds is 3. The van der Waals surface area contributed by atoms with E-state index in [1.165, 1.54) is 16.0 Å². The summed E-state index contributed by atoms with van der Waals surface area (Å²) in [5, 5.41) is 6.06. The zero-order chi connectivity index (χ0) is 13.3. The molecule has 0 aliphatic rings. The fraction of sp³-hybridized carbons (Fsp3) is 0.364. The fourth-order valence-electron chi connectivity index (χ4n) is 1.74. The highest BCUT2D eigenvalue weighted by Crippen LogP contribution is 2.17. The number of hydrogen-bond donors (Lipinski definition) is 1. The predicted molar refractivity (Wildman–Crippen MR) is 70.3 cm³/mol. The Balaban J connectivity index is 2.20. The van der Waals surface area contributed by atoms with Crippen LogP contribution in [0, 0.1) is 6.92 Å². The molecule has 0 fully saturated rings. The minimum Gasteiger partial charge on any atom is -0.395 e. The summed E-state index contributed by atoms with van der Waals surface area (Å²) in [7, 11) is 3.44. The second-order valence-corrected chi connectivity index (χ2v) is 4.83. The Morgan fingerprint density at radius 3 is 2.83 bits per heavy atom. The molecule has 0 saturated heterocycles. The Hall–Kier alpha value is -1.89. The fourth-order valence-corrected chi connectivity index (χ4v) is 2.29. The number of nitrogen functional groups attached to an aromatic ring is 1. The van der Waals surface area contributed by atoms with Gasteiger partial charge >= 0.3 is 0 Å². The molecular weight excluding hydrogens is 250 g/mol. The van der Waals surface area contributed by atoms with E-state index in [0.29, 0.717) is 23.6 Å². The summed E-state index contributed by atoms with van der Waals surface area (Å²) in [5.41, 5.74) is 10.0. The number of aromatic nitrogens is 3. The number of thiazole rings is 1. The van der Waals surface area contributed by atoms with Gasteiger partial charge in [0.05, 0.1) is 29.1 Å². The quantitative estimate of drug-likeness (QED) is 0.899. The molecule has 2 aromatic rings. The van der Waals surface area contributed by atoms with Crippen molar-refractivity contribution in [1.29, 1.82) is 0 Å². The minimum atomic E-state index is -0.149. The first-order valence-corrected chi connectivity index (χ1v) is 6.36. The number of nitrogens with two attached hydrogens (primary N) is 1. The van der Waals surface area contributed by atoms with Crippen molar-refractivity contribution in [3.05, 3.63) is 28.0 Å². The Kier molecular flexibility index (Phi) is 3.33. The van der Waals surface area contributed by atoms with Gasteiger partial charge in [-0.2, -0.15) is 5.10 Å². The van der Waals surface area contributed by atoms with Crippen LogP contribution >= 0.6 is 11.3 Å². The summed E-state index contributed by atoms with van der Waals surface area (Å²) in [4.78, 5) is 18.0. The number of nitrogens with zero attached hydrogens (tertiary/aromatic N) is 4. The highest BCUT2D eigenvalue weighted by molar-refractivity contribution is 7.07. The van der Waals surface area contributed by atoms with Crippen LogP contribution in [-0.4, -0.2) is 32.6 Å². The van der Waals surface area contributed by atoms with Crippen LogP contribution in [0.5, 0.6) is 0 Å². The third-order valence-corrected chi connectivity index (χ3v) is 3.34. The lowest BCUT2D eigenvalue weighted by Crippen LogP contribution is -2.28. The molecule has 2 rings (SSSR count). The van der Waals surface area contributed by atoms with Gasteiger partial charge in [-0.3, -0.25) is 9.48 Å². The van der Waals surface area contributed by atoms with Gasteiger partial charge < -0.3 is 10.6 Å². The molecule has 0 aromatic carbocycles. The van der Waals surface area contributed by atoms with Gasteiger partial charge in [0, 0.05) is 19.5 Å². The Morgan fingerprint density at radius 1 is 1.61 bits per heavy atom. The molecule has 1 amide bonds. The standard InChI is InChI=1S/C11H15N5OS/c1-7-9(12)10(16(3)14-7)11(17)15(2)4-8-5-18-6-13-8/h5-6H,4,12H2,1-3H3. The summed E-state index contributed by atoms with van der Waals surface area (Å²) in [6, 6.07) is 0. The average molecular weight is 265 g/mol. The molecule has 18 heavy (non-hydrogen) atoms. The maximum atomic E-state index is 12.3. The first kappa shape index (κ1) is 12.6. The number of aryl methyl sites for hydroxylation is 2. The number of carbonyl (C=O) groups is 1. The summed E-state index contributed by atoms with van der Waals surface area (Å²) in [6.07, 6.45) is 0. The monoisotopic (exact) mass is 265 g/mol. The minimum absolute atomic E-state index is 0.149. The molecule has 2 aromatic heterocycles. The molecule has 7 heteroatoms. The highest BCUT2D eigenvalue weighted by atomic mass is 32.1. The van der Waals surface area contributed by atoms with E-state index < -0.39 is 0 Å². The lowest BCUT2D eigenvalue weighted by Gasteiger charge is -2.16. The Bertz CT molecular complexity index is 560. The van der Waals surface area contributed by atoms with Crippen LogP contribution < -0.4 is 5.73 Å². The van der Waals surface area contributed by atoms with Gasteiger partial charge in [-0.1, -0.05) is 0 Å². The molecular formula is C11H15N5OS.